The van der Waals surface area contributed by atoms with Crippen LogP contribution in [0.1, 0.15) is 0 Å². The van der Waals surface area contributed by atoms with Crippen molar-refractivity contribution < 1.29 is 17.1 Å². The Morgan fingerprint density at radius 2 is 0.450 bits per heavy atom. The molecule has 0 aliphatic heterocycles. The minimum atomic E-state index is 0. The summed E-state index contributed by atoms with van der Waals surface area (Å²) in [6.07, 6.45) is 10.4. The Bertz CT molecular complexity index is 1150. The predicted molar refractivity (Wildman–Crippen MR) is 155 cm³/mol. The van der Waals surface area contributed by atoms with E-state index in [1.54, 1.807) is 37.2 Å². The number of rotatable bonds is 6. The molecule has 0 aliphatic rings. The molecule has 6 rings (SSSR count). The van der Waals surface area contributed by atoms with Gasteiger partial charge in [0.05, 0.1) is 0 Å². The zero-order valence-corrected chi connectivity index (χ0v) is 22.5. The van der Waals surface area contributed by atoms with Gasteiger partial charge in [0.1, 0.15) is 34.9 Å². The van der Waals surface area contributed by atoms with Crippen LogP contribution in [0, 0.1) is 0 Å². The third kappa shape index (κ3) is 11.1. The van der Waals surface area contributed by atoms with E-state index in [-0.39, 0.29) is 17.1 Å². The van der Waals surface area contributed by atoms with E-state index < -0.39 is 0 Å². The zero-order chi connectivity index (χ0) is 26.8. The molecular weight excluding hydrogens is 542 g/mol. The van der Waals surface area contributed by atoms with Gasteiger partial charge in [0.2, 0.25) is 0 Å². The molecule has 0 unspecified atom stereocenters. The van der Waals surface area contributed by atoms with Crippen LogP contribution in [0.4, 0.5) is 34.9 Å². The van der Waals surface area contributed by atoms with Crippen LogP contribution in [0.3, 0.4) is 0 Å². The fourth-order valence-corrected chi connectivity index (χ4v) is 3.01. The summed E-state index contributed by atoms with van der Waals surface area (Å²) in [4.78, 5) is 24.7. The van der Waals surface area contributed by atoms with Crippen LogP contribution in [0.2, 0.25) is 0 Å². The molecule has 0 atom stereocenters. The van der Waals surface area contributed by atoms with Gasteiger partial charge in [-0.25, -0.2) is 29.9 Å². The molecule has 0 saturated carbocycles. The maximum Gasteiger partial charge on any atom is 0.131 e. The average Bonchev–Trinajstić information content (AvgIpc) is 3.01. The molecule has 0 amide bonds. The second-order valence-corrected chi connectivity index (χ2v) is 7.66. The molecule has 6 heterocycles. The molecule has 6 aromatic rings. The summed E-state index contributed by atoms with van der Waals surface area (Å²) in [5, 5.41) is 9.24. The maximum atomic E-state index is 4.12. The molecule has 9 nitrogen and oxygen atoms in total. The summed E-state index contributed by atoms with van der Waals surface area (Å²) in [6.45, 7) is 0. The number of pyridine rings is 6. The van der Waals surface area contributed by atoms with Gasteiger partial charge in [-0.2, -0.15) is 0 Å². The van der Waals surface area contributed by atoms with Gasteiger partial charge in [0.25, 0.3) is 0 Å². The summed E-state index contributed by atoms with van der Waals surface area (Å²) in [5.74, 6) is 4.84. The minimum absolute atomic E-state index is 0. The Labute approximate surface area is 243 Å². The fourth-order valence-electron chi connectivity index (χ4n) is 3.01. The maximum absolute atomic E-state index is 4.12. The van der Waals surface area contributed by atoms with Crippen molar-refractivity contribution in [1.29, 1.82) is 0 Å². The van der Waals surface area contributed by atoms with Gasteiger partial charge in [0.15, 0.2) is 0 Å². The van der Waals surface area contributed by atoms with E-state index in [1.165, 1.54) is 0 Å². The molecule has 40 heavy (non-hydrogen) atoms. The molecular formula is C30H27FeN9. The van der Waals surface area contributed by atoms with Gasteiger partial charge in [-0.15, -0.1) is 0 Å². The second kappa shape index (κ2) is 17.4. The molecule has 200 valence electrons. The SMILES string of the molecule is [Fe].c1ccc(Nc2ccccn2)nc1.c1ccc(Nc2ccccn2)nc1.c1ccc(Nc2ccccn2)nc1. The Kier molecular flexibility index (Phi) is 12.7. The van der Waals surface area contributed by atoms with Crippen molar-refractivity contribution >= 4 is 34.9 Å². The third-order valence-corrected chi connectivity index (χ3v) is 4.76. The number of anilines is 6. The van der Waals surface area contributed by atoms with E-state index in [4.69, 9.17) is 0 Å². The Morgan fingerprint density at radius 1 is 0.275 bits per heavy atom. The van der Waals surface area contributed by atoms with Crippen molar-refractivity contribution in [1.82, 2.24) is 29.9 Å². The smallest absolute Gasteiger partial charge is 0.131 e. The van der Waals surface area contributed by atoms with Gasteiger partial charge < -0.3 is 16.0 Å². The number of nitrogens with zero attached hydrogens (tertiary/aromatic N) is 6. The molecule has 3 N–H and O–H groups in total. The molecule has 0 aromatic carbocycles. The standard InChI is InChI=1S/3C10H9N3.Fe/c3*1-3-7-11-9(5-1)13-10-6-2-4-8-12-10;/h3*1-8H,(H,11,12,13);. The second-order valence-electron chi connectivity index (χ2n) is 7.66. The molecule has 0 bridgehead atoms. The summed E-state index contributed by atoms with van der Waals surface area (Å²) in [7, 11) is 0. The van der Waals surface area contributed by atoms with Crippen LogP contribution in [0.5, 0.6) is 0 Å². The van der Waals surface area contributed by atoms with Crippen LogP contribution in [-0.2, 0) is 17.1 Å². The molecule has 0 saturated heterocycles. The van der Waals surface area contributed by atoms with E-state index >= 15 is 0 Å². The van der Waals surface area contributed by atoms with Gasteiger partial charge in [-0.1, -0.05) is 36.4 Å². The molecule has 0 radical (unpaired) electrons. The van der Waals surface area contributed by atoms with Crippen molar-refractivity contribution in [3.05, 3.63) is 146 Å². The van der Waals surface area contributed by atoms with Crippen LogP contribution in [-0.4, -0.2) is 29.9 Å². The number of nitrogens with one attached hydrogen (secondary N) is 3. The first-order valence-electron chi connectivity index (χ1n) is 12.1. The molecule has 10 heteroatoms. The summed E-state index contributed by atoms with van der Waals surface area (Å²) < 4.78 is 0. The average molecular weight is 569 g/mol. The van der Waals surface area contributed by atoms with Crippen LogP contribution in [0.25, 0.3) is 0 Å². The van der Waals surface area contributed by atoms with Crippen molar-refractivity contribution in [2.75, 3.05) is 16.0 Å². The number of hydrogen-bond donors (Lipinski definition) is 3. The number of aromatic nitrogens is 6. The zero-order valence-electron chi connectivity index (χ0n) is 21.4. The van der Waals surface area contributed by atoms with Crippen molar-refractivity contribution in [2.24, 2.45) is 0 Å². The van der Waals surface area contributed by atoms with Gasteiger partial charge in [-0.3, -0.25) is 0 Å². The van der Waals surface area contributed by atoms with Gasteiger partial charge in [-0.05, 0) is 72.8 Å². The van der Waals surface area contributed by atoms with Crippen LogP contribution >= 0.6 is 0 Å². The van der Waals surface area contributed by atoms with E-state index in [9.17, 15) is 0 Å². The van der Waals surface area contributed by atoms with Crippen molar-refractivity contribution in [3.63, 3.8) is 0 Å². The van der Waals surface area contributed by atoms with E-state index in [2.05, 4.69) is 45.9 Å². The van der Waals surface area contributed by atoms with Crippen molar-refractivity contribution in [2.45, 2.75) is 0 Å². The predicted octanol–water partition coefficient (Wildman–Crippen LogP) is 6.66. The number of hydrogen-bond acceptors (Lipinski definition) is 9. The Morgan fingerprint density at radius 3 is 0.575 bits per heavy atom. The first-order chi connectivity index (χ1) is 19.3. The first-order valence-corrected chi connectivity index (χ1v) is 12.1. The van der Waals surface area contributed by atoms with Gasteiger partial charge in [0, 0.05) is 54.2 Å². The summed E-state index contributed by atoms with van der Waals surface area (Å²) in [6, 6.07) is 34.2. The molecule has 0 spiro atoms. The van der Waals surface area contributed by atoms with Crippen molar-refractivity contribution in [3.8, 4) is 0 Å². The quantitative estimate of drug-likeness (QED) is 0.190. The van der Waals surface area contributed by atoms with Gasteiger partial charge >= 0.3 is 0 Å². The van der Waals surface area contributed by atoms with Crippen LogP contribution in [0.15, 0.2) is 146 Å². The summed E-state index contributed by atoms with van der Waals surface area (Å²) in [5.41, 5.74) is 0. The first kappa shape index (κ1) is 29.4. The van der Waals surface area contributed by atoms with E-state index in [1.807, 2.05) is 109 Å². The van der Waals surface area contributed by atoms with E-state index in [0.717, 1.165) is 34.9 Å². The fraction of sp³-hybridized carbons (Fsp3) is 0. The normalized spacial score (nSPS) is 9.30. The monoisotopic (exact) mass is 569 g/mol. The summed E-state index contributed by atoms with van der Waals surface area (Å²) >= 11 is 0. The molecule has 6 aromatic heterocycles. The Hall–Kier alpha value is -5.18. The van der Waals surface area contributed by atoms with E-state index in [0.29, 0.717) is 0 Å². The molecule has 0 fully saturated rings. The Balaban J connectivity index is 0.000000163. The third-order valence-electron chi connectivity index (χ3n) is 4.76. The molecule has 0 aliphatic carbocycles. The largest absolute Gasteiger partial charge is 0.325 e. The topological polar surface area (TPSA) is 113 Å². The van der Waals surface area contributed by atoms with Crippen LogP contribution < -0.4 is 16.0 Å². The minimum Gasteiger partial charge on any atom is -0.325 e.